The zero-order valence-electron chi connectivity index (χ0n) is 8.96. The molecule has 0 amide bonds. The molecular formula is C10H16O6. The number of carbonyl (C=O) groups is 1. The maximum absolute atomic E-state index is 10.9. The first-order valence-electron chi connectivity index (χ1n) is 5.18. The van der Waals surface area contributed by atoms with Crippen molar-refractivity contribution in [3.8, 4) is 0 Å². The van der Waals surface area contributed by atoms with Crippen LogP contribution in [-0.4, -0.2) is 44.7 Å². The molecule has 1 aliphatic heterocycles. The monoisotopic (exact) mass is 232 g/mol. The highest BCUT2D eigenvalue weighted by Crippen LogP contribution is 2.24. The second-order valence-electron chi connectivity index (χ2n) is 3.76. The normalized spacial score (nSPS) is 24.4. The predicted molar refractivity (Wildman–Crippen MR) is 53.7 cm³/mol. The van der Waals surface area contributed by atoms with Gasteiger partial charge >= 0.3 is 5.97 Å². The van der Waals surface area contributed by atoms with Gasteiger partial charge < -0.3 is 25.2 Å². The van der Waals surface area contributed by atoms with Crippen LogP contribution in [0.15, 0.2) is 11.5 Å². The van der Waals surface area contributed by atoms with Crippen molar-refractivity contribution < 1.29 is 30.0 Å². The zero-order valence-corrected chi connectivity index (χ0v) is 8.96. The number of unbranched alkanes of at least 4 members (excludes halogenated alkanes) is 1. The van der Waals surface area contributed by atoms with Crippen molar-refractivity contribution in [2.75, 3.05) is 0 Å². The molecule has 0 radical (unpaired) electrons. The van der Waals surface area contributed by atoms with E-state index in [4.69, 9.17) is 5.11 Å². The molecule has 0 fully saturated rings. The minimum atomic E-state index is -1.43. The van der Waals surface area contributed by atoms with Crippen molar-refractivity contribution >= 4 is 5.97 Å². The standard InChI is InChI=1S/C10H16O6/c1-2-3-4-5(11)6(12)9-7(13)8(14)10(15)16-9/h5-6,9,11-14H,2-4H2,1H3/t5?,6-,9+/m0/s1. The highest BCUT2D eigenvalue weighted by atomic mass is 16.6. The lowest BCUT2D eigenvalue weighted by molar-refractivity contribution is -0.150. The predicted octanol–water partition coefficient (Wildman–Crippen LogP) is 0.151. The molecule has 92 valence electrons. The quantitative estimate of drug-likeness (QED) is 0.503. The molecule has 1 aliphatic rings. The van der Waals surface area contributed by atoms with E-state index in [1.54, 1.807) is 0 Å². The van der Waals surface area contributed by atoms with Gasteiger partial charge in [-0.2, -0.15) is 0 Å². The molecule has 0 bridgehead atoms. The number of esters is 1. The van der Waals surface area contributed by atoms with Crippen molar-refractivity contribution in [3.05, 3.63) is 11.5 Å². The molecule has 0 aromatic heterocycles. The Kier molecular flexibility index (Phi) is 4.14. The molecule has 0 aromatic rings. The fourth-order valence-corrected chi connectivity index (χ4v) is 1.48. The van der Waals surface area contributed by atoms with E-state index in [-0.39, 0.29) is 0 Å². The largest absolute Gasteiger partial charge is 0.505 e. The summed E-state index contributed by atoms with van der Waals surface area (Å²) < 4.78 is 4.53. The van der Waals surface area contributed by atoms with E-state index in [1.165, 1.54) is 0 Å². The van der Waals surface area contributed by atoms with Crippen molar-refractivity contribution in [1.29, 1.82) is 0 Å². The van der Waals surface area contributed by atoms with Gasteiger partial charge in [-0.3, -0.25) is 0 Å². The molecular weight excluding hydrogens is 216 g/mol. The molecule has 0 saturated carbocycles. The first-order valence-corrected chi connectivity index (χ1v) is 5.18. The van der Waals surface area contributed by atoms with Gasteiger partial charge in [-0.05, 0) is 6.42 Å². The Morgan fingerprint density at radius 1 is 1.38 bits per heavy atom. The Balaban J connectivity index is 2.62. The Morgan fingerprint density at radius 3 is 2.44 bits per heavy atom. The lowest BCUT2D eigenvalue weighted by Gasteiger charge is -2.22. The molecule has 1 heterocycles. The van der Waals surface area contributed by atoms with E-state index >= 15 is 0 Å². The topological polar surface area (TPSA) is 107 Å². The third-order valence-corrected chi connectivity index (χ3v) is 2.50. The zero-order chi connectivity index (χ0) is 12.3. The van der Waals surface area contributed by atoms with Crippen LogP contribution < -0.4 is 0 Å². The van der Waals surface area contributed by atoms with Crippen LogP contribution in [0.1, 0.15) is 26.2 Å². The third-order valence-electron chi connectivity index (χ3n) is 2.50. The summed E-state index contributed by atoms with van der Waals surface area (Å²) in [4.78, 5) is 10.9. The Labute approximate surface area is 92.8 Å². The van der Waals surface area contributed by atoms with E-state index in [0.29, 0.717) is 12.8 Å². The Morgan fingerprint density at radius 2 is 2.00 bits per heavy atom. The lowest BCUT2D eigenvalue weighted by atomic mass is 10.0. The van der Waals surface area contributed by atoms with E-state index < -0.39 is 35.8 Å². The van der Waals surface area contributed by atoms with Crippen molar-refractivity contribution in [2.45, 2.75) is 44.5 Å². The molecule has 0 spiro atoms. The van der Waals surface area contributed by atoms with Crippen LogP contribution in [0.3, 0.4) is 0 Å². The van der Waals surface area contributed by atoms with Crippen LogP contribution in [0.2, 0.25) is 0 Å². The number of hydrogen-bond donors (Lipinski definition) is 4. The summed E-state index contributed by atoms with van der Waals surface area (Å²) in [6.45, 7) is 1.93. The molecule has 0 aromatic carbocycles. The first-order chi connectivity index (χ1) is 7.49. The van der Waals surface area contributed by atoms with Crippen molar-refractivity contribution in [1.82, 2.24) is 0 Å². The van der Waals surface area contributed by atoms with Crippen molar-refractivity contribution in [2.24, 2.45) is 0 Å². The SMILES string of the molecule is CCCCC(O)[C@H](O)[C@H]1OC(=O)C(O)=C1O. The van der Waals surface area contributed by atoms with Gasteiger partial charge in [-0.15, -0.1) is 0 Å². The lowest BCUT2D eigenvalue weighted by Crippen LogP contribution is -2.38. The van der Waals surface area contributed by atoms with Crippen LogP contribution in [0.25, 0.3) is 0 Å². The maximum atomic E-state index is 10.9. The minimum Gasteiger partial charge on any atom is -0.505 e. The molecule has 0 saturated heterocycles. The van der Waals surface area contributed by atoms with Gasteiger partial charge in [0.25, 0.3) is 0 Å². The van der Waals surface area contributed by atoms with E-state index in [1.807, 2.05) is 6.92 Å². The van der Waals surface area contributed by atoms with Crippen LogP contribution in [0.4, 0.5) is 0 Å². The van der Waals surface area contributed by atoms with E-state index in [2.05, 4.69) is 4.74 Å². The van der Waals surface area contributed by atoms with E-state index in [9.17, 15) is 20.1 Å². The summed E-state index contributed by atoms with van der Waals surface area (Å²) in [6, 6.07) is 0. The fourth-order valence-electron chi connectivity index (χ4n) is 1.48. The third kappa shape index (κ3) is 2.45. The summed E-state index contributed by atoms with van der Waals surface area (Å²) in [5, 5.41) is 37.5. The molecule has 16 heavy (non-hydrogen) atoms. The molecule has 6 nitrogen and oxygen atoms in total. The number of ether oxygens (including phenoxy) is 1. The summed E-state index contributed by atoms with van der Waals surface area (Å²) in [5.41, 5.74) is 0. The minimum absolute atomic E-state index is 0.333. The second-order valence-corrected chi connectivity index (χ2v) is 3.76. The molecule has 0 aliphatic carbocycles. The van der Waals surface area contributed by atoms with Gasteiger partial charge in [0.1, 0.15) is 6.10 Å². The Bertz CT molecular complexity index is 298. The summed E-state index contributed by atoms with van der Waals surface area (Å²) in [7, 11) is 0. The summed E-state index contributed by atoms with van der Waals surface area (Å²) in [6.07, 6.45) is -2.03. The van der Waals surface area contributed by atoms with Crippen LogP contribution in [0, 0.1) is 0 Å². The molecule has 1 unspecified atom stereocenters. The number of rotatable bonds is 5. The van der Waals surface area contributed by atoms with Gasteiger partial charge in [-0.1, -0.05) is 19.8 Å². The number of carbonyl (C=O) groups excluding carboxylic acids is 1. The van der Waals surface area contributed by atoms with Crippen LogP contribution in [-0.2, 0) is 9.53 Å². The van der Waals surface area contributed by atoms with Gasteiger partial charge in [0.05, 0.1) is 6.10 Å². The molecule has 6 heteroatoms. The smallest absolute Gasteiger partial charge is 0.377 e. The van der Waals surface area contributed by atoms with Crippen molar-refractivity contribution in [3.63, 3.8) is 0 Å². The maximum Gasteiger partial charge on any atom is 0.377 e. The highest BCUT2D eigenvalue weighted by molar-refractivity contribution is 5.89. The van der Waals surface area contributed by atoms with Gasteiger partial charge in [-0.25, -0.2) is 4.79 Å². The highest BCUT2D eigenvalue weighted by Gasteiger charge is 2.41. The average molecular weight is 232 g/mol. The first kappa shape index (κ1) is 12.8. The second kappa shape index (κ2) is 5.18. The van der Waals surface area contributed by atoms with Gasteiger partial charge in [0.2, 0.25) is 5.76 Å². The fraction of sp³-hybridized carbons (Fsp3) is 0.700. The average Bonchev–Trinajstić information content (AvgIpc) is 2.52. The molecule has 3 atom stereocenters. The number of cyclic esters (lactones) is 1. The summed E-state index contributed by atoms with van der Waals surface area (Å²) >= 11 is 0. The van der Waals surface area contributed by atoms with Gasteiger partial charge in [0, 0.05) is 0 Å². The summed E-state index contributed by atoms with van der Waals surface area (Å²) in [5.74, 6) is -2.73. The molecule has 1 rings (SSSR count). The van der Waals surface area contributed by atoms with E-state index in [0.717, 1.165) is 6.42 Å². The Hall–Kier alpha value is -1.27. The number of aliphatic hydroxyl groups is 4. The van der Waals surface area contributed by atoms with Crippen LogP contribution >= 0.6 is 0 Å². The van der Waals surface area contributed by atoms with Gasteiger partial charge in [0.15, 0.2) is 11.9 Å². The number of aliphatic hydroxyl groups excluding tert-OH is 4. The van der Waals surface area contributed by atoms with Crippen LogP contribution in [0.5, 0.6) is 0 Å². The molecule has 4 N–H and O–H groups in total. The number of hydrogen-bond acceptors (Lipinski definition) is 6.